The molecular weight excluding hydrogens is 304 g/mol. The lowest BCUT2D eigenvalue weighted by Crippen LogP contribution is -2.27. The molecule has 2 aromatic rings. The van der Waals surface area contributed by atoms with E-state index in [0.717, 1.165) is 37.3 Å². The van der Waals surface area contributed by atoms with Crippen LogP contribution < -0.4 is 15.6 Å². The predicted octanol–water partition coefficient (Wildman–Crippen LogP) is 2.57. The van der Waals surface area contributed by atoms with Gasteiger partial charge in [-0.2, -0.15) is 0 Å². The molecule has 3 rings (SSSR count). The largest absolute Gasteiger partial charge is 0.491 e. The molecule has 1 aliphatic carbocycles. The highest BCUT2D eigenvalue weighted by Gasteiger charge is 2.20. The Kier molecular flexibility index (Phi) is 5.67. The van der Waals surface area contributed by atoms with E-state index in [1.54, 1.807) is 13.2 Å². The molecule has 1 aromatic carbocycles. The Morgan fingerprint density at radius 3 is 3.04 bits per heavy atom. The maximum Gasteiger partial charge on any atom is 0.248 e. The van der Waals surface area contributed by atoms with Crippen molar-refractivity contribution < 1.29 is 9.47 Å². The monoisotopic (exact) mass is 328 g/mol. The van der Waals surface area contributed by atoms with E-state index in [1.165, 1.54) is 11.1 Å². The Morgan fingerprint density at radius 2 is 2.17 bits per heavy atom. The molecule has 128 valence electrons. The van der Waals surface area contributed by atoms with Crippen molar-refractivity contribution in [3.63, 3.8) is 0 Å². The summed E-state index contributed by atoms with van der Waals surface area (Å²) in [6.07, 6.45) is 3.13. The standard InChI is InChI=1S/C19H24N2O3/c1-23-10-11-24-15-5-2-4-14(12-15)13-20-17-6-3-7-18-16(17)8-9-19(22)21-18/h2,4-5,8-9,12,17,20H,3,6-7,10-11,13H2,1H3,(H,21,22)/t17-/m0/s1. The van der Waals surface area contributed by atoms with Gasteiger partial charge in [0, 0.05) is 31.5 Å². The van der Waals surface area contributed by atoms with Crippen LogP contribution in [-0.2, 0) is 17.7 Å². The van der Waals surface area contributed by atoms with E-state index in [2.05, 4.69) is 22.4 Å². The number of nitrogens with one attached hydrogen (secondary N) is 2. The van der Waals surface area contributed by atoms with Crippen molar-refractivity contribution in [1.82, 2.24) is 10.3 Å². The van der Waals surface area contributed by atoms with E-state index >= 15 is 0 Å². The van der Waals surface area contributed by atoms with Crippen molar-refractivity contribution in [2.45, 2.75) is 31.8 Å². The van der Waals surface area contributed by atoms with Crippen LogP contribution in [0.15, 0.2) is 41.2 Å². The van der Waals surface area contributed by atoms with Crippen LogP contribution in [0.3, 0.4) is 0 Å². The lowest BCUT2D eigenvalue weighted by atomic mass is 9.91. The Morgan fingerprint density at radius 1 is 1.25 bits per heavy atom. The molecule has 5 nitrogen and oxygen atoms in total. The highest BCUT2D eigenvalue weighted by Crippen LogP contribution is 2.28. The number of rotatable bonds is 7. The minimum Gasteiger partial charge on any atom is -0.491 e. The Labute approximate surface area is 142 Å². The summed E-state index contributed by atoms with van der Waals surface area (Å²) < 4.78 is 10.7. The summed E-state index contributed by atoms with van der Waals surface area (Å²) in [5, 5.41) is 3.61. The number of methoxy groups -OCH3 is 1. The number of benzene rings is 1. The maximum absolute atomic E-state index is 11.5. The summed E-state index contributed by atoms with van der Waals surface area (Å²) >= 11 is 0. The molecule has 1 aromatic heterocycles. The molecule has 0 amide bonds. The molecule has 1 atom stereocenters. The molecule has 1 heterocycles. The topological polar surface area (TPSA) is 63.4 Å². The smallest absolute Gasteiger partial charge is 0.248 e. The number of hydrogen-bond donors (Lipinski definition) is 2. The first-order valence-corrected chi connectivity index (χ1v) is 8.42. The fourth-order valence-electron chi connectivity index (χ4n) is 3.14. The molecule has 1 aliphatic rings. The first-order valence-electron chi connectivity index (χ1n) is 8.42. The van der Waals surface area contributed by atoms with Crippen LogP contribution in [0.1, 0.15) is 35.7 Å². The van der Waals surface area contributed by atoms with Gasteiger partial charge in [-0.15, -0.1) is 0 Å². The molecule has 2 N–H and O–H groups in total. The van der Waals surface area contributed by atoms with Gasteiger partial charge >= 0.3 is 0 Å². The molecule has 0 bridgehead atoms. The van der Waals surface area contributed by atoms with Crippen molar-refractivity contribution >= 4 is 0 Å². The zero-order valence-electron chi connectivity index (χ0n) is 14.0. The maximum atomic E-state index is 11.5. The number of aromatic nitrogens is 1. The number of pyridine rings is 1. The summed E-state index contributed by atoms with van der Waals surface area (Å²) in [4.78, 5) is 14.4. The third-order valence-corrected chi connectivity index (χ3v) is 4.34. The summed E-state index contributed by atoms with van der Waals surface area (Å²) in [7, 11) is 1.67. The molecule has 0 unspecified atom stereocenters. The predicted molar refractivity (Wildman–Crippen MR) is 93.4 cm³/mol. The third kappa shape index (κ3) is 4.24. The van der Waals surface area contributed by atoms with Gasteiger partial charge in [-0.3, -0.25) is 4.79 Å². The average molecular weight is 328 g/mol. The van der Waals surface area contributed by atoms with E-state index in [-0.39, 0.29) is 11.6 Å². The van der Waals surface area contributed by atoms with Crippen LogP contribution in [0, 0.1) is 0 Å². The van der Waals surface area contributed by atoms with Gasteiger partial charge in [0.2, 0.25) is 5.56 Å². The van der Waals surface area contributed by atoms with Crippen LogP contribution in [0.2, 0.25) is 0 Å². The zero-order chi connectivity index (χ0) is 16.8. The summed E-state index contributed by atoms with van der Waals surface area (Å²) in [6, 6.07) is 12.0. The lowest BCUT2D eigenvalue weighted by molar-refractivity contribution is 0.146. The Bertz CT molecular complexity index is 727. The first kappa shape index (κ1) is 16.7. The normalized spacial score (nSPS) is 16.6. The van der Waals surface area contributed by atoms with Gasteiger partial charge in [0.1, 0.15) is 12.4 Å². The van der Waals surface area contributed by atoms with Crippen LogP contribution >= 0.6 is 0 Å². The number of ether oxygens (including phenoxy) is 2. The molecule has 5 heteroatoms. The second-order valence-corrected chi connectivity index (χ2v) is 6.07. The molecule has 0 spiro atoms. The molecule has 0 saturated heterocycles. The second kappa shape index (κ2) is 8.13. The van der Waals surface area contributed by atoms with E-state index < -0.39 is 0 Å². The highest BCUT2D eigenvalue weighted by molar-refractivity contribution is 5.30. The van der Waals surface area contributed by atoms with Gasteiger partial charge in [0.25, 0.3) is 0 Å². The van der Waals surface area contributed by atoms with Crippen LogP contribution in [0.25, 0.3) is 0 Å². The zero-order valence-corrected chi connectivity index (χ0v) is 14.0. The lowest BCUT2D eigenvalue weighted by Gasteiger charge is -2.26. The van der Waals surface area contributed by atoms with E-state index in [9.17, 15) is 4.79 Å². The highest BCUT2D eigenvalue weighted by atomic mass is 16.5. The van der Waals surface area contributed by atoms with Gasteiger partial charge < -0.3 is 19.8 Å². The number of aromatic amines is 1. The molecule has 0 radical (unpaired) electrons. The first-order chi connectivity index (χ1) is 11.8. The van der Waals surface area contributed by atoms with Crippen molar-refractivity contribution in [2.75, 3.05) is 20.3 Å². The van der Waals surface area contributed by atoms with E-state index in [1.807, 2.05) is 18.2 Å². The summed E-state index contributed by atoms with van der Waals surface area (Å²) in [6.45, 7) is 1.90. The fraction of sp³-hybridized carbons (Fsp3) is 0.421. The summed E-state index contributed by atoms with van der Waals surface area (Å²) in [5.41, 5.74) is 3.45. The molecule has 24 heavy (non-hydrogen) atoms. The Hall–Kier alpha value is -2.11. The minimum absolute atomic E-state index is 0.0182. The average Bonchev–Trinajstić information content (AvgIpc) is 2.60. The SMILES string of the molecule is COCCOc1cccc(CN[C@H]2CCCc3[nH]c(=O)ccc32)c1. The van der Waals surface area contributed by atoms with Crippen molar-refractivity contribution in [2.24, 2.45) is 0 Å². The van der Waals surface area contributed by atoms with Crippen molar-refractivity contribution in [3.8, 4) is 5.75 Å². The number of fused-ring (bicyclic) bond motifs is 1. The molecule has 0 fully saturated rings. The number of hydrogen-bond acceptors (Lipinski definition) is 4. The van der Waals surface area contributed by atoms with Crippen molar-refractivity contribution in [1.29, 1.82) is 0 Å². The molecule has 0 saturated carbocycles. The second-order valence-electron chi connectivity index (χ2n) is 6.07. The minimum atomic E-state index is -0.0182. The Balaban J connectivity index is 1.62. The quantitative estimate of drug-likeness (QED) is 0.767. The van der Waals surface area contributed by atoms with Crippen LogP contribution in [-0.4, -0.2) is 25.3 Å². The van der Waals surface area contributed by atoms with Gasteiger partial charge in [0.05, 0.1) is 6.61 Å². The van der Waals surface area contributed by atoms with E-state index in [4.69, 9.17) is 9.47 Å². The number of aryl methyl sites for hydroxylation is 1. The van der Waals surface area contributed by atoms with Crippen LogP contribution in [0.4, 0.5) is 0 Å². The van der Waals surface area contributed by atoms with Gasteiger partial charge in [-0.1, -0.05) is 18.2 Å². The van der Waals surface area contributed by atoms with Crippen LogP contribution in [0.5, 0.6) is 5.75 Å². The molecular formula is C19H24N2O3. The van der Waals surface area contributed by atoms with Crippen molar-refractivity contribution in [3.05, 3.63) is 63.6 Å². The number of H-pyrrole nitrogens is 1. The van der Waals surface area contributed by atoms with Gasteiger partial charge in [-0.25, -0.2) is 0 Å². The fourth-order valence-corrected chi connectivity index (χ4v) is 3.14. The third-order valence-electron chi connectivity index (χ3n) is 4.34. The van der Waals surface area contributed by atoms with Gasteiger partial charge in [-0.05, 0) is 42.5 Å². The van der Waals surface area contributed by atoms with Gasteiger partial charge in [0.15, 0.2) is 0 Å². The van der Waals surface area contributed by atoms with E-state index in [0.29, 0.717) is 13.2 Å². The molecule has 0 aliphatic heterocycles. The summed E-state index contributed by atoms with van der Waals surface area (Å²) in [5.74, 6) is 0.861.